The van der Waals surface area contributed by atoms with Gasteiger partial charge in [0.15, 0.2) is 9.84 Å². The van der Waals surface area contributed by atoms with Crippen molar-refractivity contribution in [2.45, 2.75) is 135 Å². The van der Waals surface area contributed by atoms with Gasteiger partial charge in [0.25, 0.3) is 0 Å². The van der Waals surface area contributed by atoms with Crippen molar-refractivity contribution in [2.24, 2.45) is 52.3 Å². The van der Waals surface area contributed by atoms with Crippen LogP contribution < -0.4 is 0 Å². The third-order valence-corrected chi connectivity index (χ3v) is 16.7. The number of fused-ring (bicyclic) bond motifs is 5. The minimum absolute atomic E-state index is 0.0277. The quantitative estimate of drug-likeness (QED) is 0.338. The summed E-state index contributed by atoms with van der Waals surface area (Å²) in [7, 11) is -3.24. The van der Waals surface area contributed by atoms with Crippen molar-refractivity contribution in [3.8, 4) is 0 Å². The molecule has 1 aromatic rings. The van der Waals surface area contributed by atoms with Gasteiger partial charge in [0.2, 0.25) is 0 Å². The molecule has 0 radical (unpaired) electrons. The summed E-state index contributed by atoms with van der Waals surface area (Å²) in [6, 6.07) is 3.79. The summed E-state index contributed by atoms with van der Waals surface area (Å²) in [5, 5.41) is 22.5. The van der Waals surface area contributed by atoms with Gasteiger partial charge >= 0.3 is 0 Å². The van der Waals surface area contributed by atoms with Gasteiger partial charge in [-0.05, 0) is 128 Å². The molecular weight excluding hydrogens is 537 g/mol. The van der Waals surface area contributed by atoms with Crippen molar-refractivity contribution < 1.29 is 18.6 Å². The standard InChI is InChI=1S/C34H56O4S2/c1-8-23-27-20-22(35)15-17-34(27,7)26-16-18-33(6)24(11-12-25(33)30(26)31(23)36)21(2)10-9-19-40(37,38)29-14-13-28(39-29)32(3,4)5/h13-14,21-27,30-31,35-36H,8-12,15-20H2,1-7H3/t21-,22-,23-,24-,25+,26+,27+,30+,31-,33-,34-/m1/s1. The van der Waals surface area contributed by atoms with E-state index in [1.807, 2.05) is 12.1 Å². The van der Waals surface area contributed by atoms with Gasteiger partial charge in [-0.3, -0.25) is 0 Å². The summed E-state index contributed by atoms with van der Waals surface area (Å²) in [5.74, 6) is 3.54. The van der Waals surface area contributed by atoms with E-state index in [0.717, 1.165) is 43.4 Å². The summed E-state index contributed by atoms with van der Waals surface area (Å²) in [5.41, 5.74) is 0.434. The van der Waals surface area contributed by atoms with E-state index in [0.29, 0.717) is 45.6 Å². The average molecular weight is 593 g/mol. The summed E-state index contributed by atoms with van der Waals surface area (Å²) >= 11 is 1.44. The first kappa shape index (κ1) is 31.0. The molecule has 228 valence electrons. The van der Waals surface area contributed by atoms with E-state index in [-0.39, 0.29) is 34.2 Å². The van der Waals surface area contributed by atoms with Gasteiger partial charge in [-0.2, -0.15) is 0 Å². The Morgan fingerprint density at radius 2 is 1.68 bits per heavy atom. The van der Waals surface area contributed by atoms with Crippen LogP contribution in [0.3, 0.4) is 0 Å². The zero-order valence-corrected chi connectivity index (χ0v) is 27.8. The van der Waals surface area contributed by atoms with Crippen LogP contribution in [-0.4, -0.2) is 36.6 Å². The Morgan fingerprint density at radius 1 is 1.00 bits per heavy atom. The topological polar surface area (TPSA) is 74.6 Å². The van der Waals surface area contributed by atoms with Crippen LogP contribution in [0.2, 0.25) is 0 Å². The lowest BCUT2D eigenvalue weighted by atomic mass is 9.41. The molecule has 0 aliphatic heterocycles. The van der Waals surface area contributed by atoms with Crippen molar-refractivity contribution in [1.29, 1.82) is 0 Å². The van der Waals surface area contributed by atoms with Crippen LogP contribution in [-0.2, 0) is 15.3 Å². The lowest BCUT2D eigenvalue weighted by Crippen LogP contribution is -2.62. The van der Waals surface area contributed by atoms with Crippen LogP contribution in [0.15, 0.2) is 16.3 Å². The fraction of sp³-hybridized carbons (Fsp3) is 0.882. The highest BCUT2D eigenvalue weighted by atomic mass is 32.2. The Hall–Kier alpha value is -0.430. The smallest absolute Gasteiger partial charge is 0.187 e. The zero-order valence-electron chi connectivity index (χ0n) is 26.2. The molecule has 11 atom stereocenters. The average Bonchev–Trinajstić information content (AvgIpc) is 3.51. The number of aliphatic hydroxyl groups is 2. The molecule has 40 heavy (non-hydrogen) atoms. The Labute approximate surface area is 248 Å². The molecule has 4 aliphatic rings. The Morgan fingerprint density at radius 3 is 2.33 bits per heavy atom. The van der Waals surface area contributed by atoms with Gasteiger partial charge in [-0.15, -0.1) is 11.3 Å². The molecule has 1 aromatic heterocycles. The lowest BCUT2D eigenvalue weighted by Gasteiger charge is -2.64. The van der Waals surface area contributed by atoms with Crippen molar-refractivity contribution in [3.05, 3.63) is 17.0 Å². The van der Waals surface area contributed by atoms with Crippen LogP contribution >= 0.6 is 11.3 Å². The van der Waals surface area contributed by atoms with E-state index < -0.39 is 9.84 Å². The van der Waals surface area contributed by atoms with Crippen LogP contribution in [0.4, 0.5) is 0 Å². The third-order valence-electron chi connectivity index (χ3n) is 12.9. The molecule has 5 rings (SSSR count). The molecule has 0 aromatic carbocycles. The lowest BCUT2D eigenvalue weighted by molar-refractivity contribution is -0.203. The number of rotatable bonds is 7. The van der Waals surface area contributed by atoms with Gasteiger partial charge in [0, 0.05) is 4.88 Å². The third kappa shape index (κ3) is 5.17. The number of hydrogen-bond acceptors (Lipinski definition) is 5. The molecule has 4 fully saturated rings. The predicted molar refractivity (Wildman–Crippen MR) is 165 cm³/mol. The van der Waals surface area contributed by atoms with Crippen molar-refractivity contribution >= 4 is 21.2 Å². The highest BCUT2D eigenvalue weighted by Crippen LogP contribution is 2.69. The molecule has 0 bridgehead atoms. The van der Waals surface area contributed by atoms with Gasteiger partial charge in [0.05, 0.1) is 18.0 Å². The number of hydrogen-bond donors (Lipinski definition) is 2. The largest absolute Gasteiger partial charge is 0.393 e. The fourth-order valence-electron chi connectivity index (χ4n) is 10.7. The van der Waals surface area contributed by atoms with Crippen molar-refractivity contribution in [3.63, 3.8) is 0 Å². The van der Waals surface area contributed by atoms with E-state index in [9.17, 15) is 18.6 Å². The second kappa shape index (κ2) is 10.9. The maximum atomic E-state index is 13.2. The SMILES string of the molecule is CC[C@H]1[C@@H](O)[C@@H]2[C@H](CC[C@]3(C)[C@@H]([C@H](C)CCCS(=O)(=O)c4ccc(C(C)(C)C)s4)CC[C@@H]23)[C@@]2(C)CC[C@@H](O)C[C@@H]12. The molecule has 0 spiro atoms. The highest BCUT2D eigenvalue weighted by Gasteiger charge is 2.64. The van der Waals surface area contributed by atoms with Crippen molar-refractivity contribution in [2.75, 3.05) is 5.75 Å². The van der Waals surface area contributed by atoms with E-state index in [1.54, 1.807) is 0 Å². The Bertz CT molecular complexity index is 1150. The number of thiophene rings is 1. The van der Waals surface area contributed by atoms with E-state index in [4.69, 9.17) is 0 Å². The van der Waals surface area contributed by atoms with E-state index in [1.165, 1.54) is 37.0 Å². The predicted octanol–water partition coefficient (Wildman–Crippen LogP) is 7.86. The van der Waals surface area contributed by atoms with Crippen LogP contribution in [0, 0.1) is 52.3 Å². The molecule has 4 nitrogen and oxygen atoms in total. The fourth-order valence-corrected chi connectivity index (χ4v) is 13.6. The van der Waals surface area contributed by atoms with Gasteiger partial charge in [0.1, 0.15) is 4.21 Å². The minimum Gasteiger partial charge on any atom is -0.393 e. The molecule has 6 heteroatoms. The Kier molecular flexibility index (Phi) is 8.47. The normalized spacial score (nSPS) is 42.6. The first-order chi connectivity index (χ1) is 18.6. The van der Waals surface area contributed by atoms with E-state index in [2.05, 4.69) is 48.5 Å². The molecule has 4 saturated carbocycles. The maximum absolute atomic E-state index is 13.2. The molecule has 0 saturated heterocycles. The first-order valence-corrected chi connectivity index (χ1v) is 18.8. The Balaban J connectivity index is 1.27. The van der Waals surface area contributed by atoms with Crippen LogP contribution in [0.25, 0.3) is 0 Å². The van der Waals surface area contributed by atoms with Gasteiger partial charge in [-0.1, -0.05) is 54.9 Å². The zero-order chi connectivity index (χ0) is 29.3. The second-order valence-corrected chi connectivity index (χ2v) is 19.3. The molecule has 0 amide bonds. The number of sulfone groups is 1. The maximum Gasteiger partial charge on any atom is 0.187 e. The molecule has 0 unspecified atom stereocenters. The van der Waals surface area contributed by atoms with E-state index >= 15 is 0 Å². The second-order valence-electron chi connectivity index (χ2n) is 15.9. The summed E-state index contributed by atoms with van der Waals surface area (Å²) in [4.78, 5) is 1.12. The van der Waals surface area contributed by atoms with Crippen molar-refractivity contribution in [1.82, 2.24) is 0 Å². The van der Waals surface area contributed by atoms with Crippen LogP contribution in [0.1, 0.15) is 118 Å². The van der Waals surface area contributed by atoms with Crippen LogP contribution in [0.5, 0.6) is 0 Å². The monoisotopic (exact) mass is 592 g/mol. The molecular formula is C34H56O4S2. The summed E-state index contributed by atoms with van der Waals surface area (Å²) in [6.45, 7) is 16.0. The van der Waals surface area contributed by atoms with Gasteiger partial charge in [-0.25, -0.2) is 8.42 Å². The van der Waals surface area contributed by atoms with Gasteiger partial charge < -0.3 is 10.2 Å². The number of aliphatic hydroxyl groups excluding tert-OH is 2. The summed E-state index contributed by atoms with van der Waals surface area (Å²) < 4.78 is 26.8. The molecule has 2 N–H and O–H groups in total. The first-order valence-electron chi connectivity index (χ1n) is 16.3. The highest BCUT2D eigenvalue weighted by molar-refractivity contribution is 7.93. The molecule has 4 aliphatic carbocycles. The summed E-state index contributed by atoms with van der Waals surface area (Å²) in [6.07, 6.45) is 9.92. The molecule has 1 heterocycles. The minimum atomic E-state index is -3.24.